The second-order valence-electron chi connectivity index (χ2n) is 10.3. The van der Waals surface area contributed by atoms with Crippen LogP contribution in [0.15, 0.2) is 82.0 Å². The van der Waals surface area contributed by atoms with Gasteiger partial charge in [0.2, 0.25) is 5.91 Å². The number of amidine groups is 1. The van der Waals surface area contributed by atoms with E-state index < -0.39 is 12.0 Å². The van der Waals surface area contributed by atoms with Crippen LogP contribution in [0.2, 0.25) is 0 Å². The third-order valence-corrected chi connectivity index (χ3v) is 7.80. The molecule has 2 aromatic carbocycles. The van der Waals surface area contributed by atoms with Crippen LogP contribution in [0.1, 0.15) is 38.8 Å². The topological polar surface area (TPSA) is 92.7 Å². The molecule has 0 spiro atoms. The summed E-state index contributed by atoms with van der Waals surface area (Å²) in [6.07, 6.45) is -0.126. The first-order valence-electron chi connectivity index (χ1n) is 13.9. The fraction of sp³-hybridized carbons (Fsp3) is 0.387. The van der Waals surface area contributed by atoms with Crippen molar-refractivity contribution >= 4 is 28.8 Å². The van der Waals surface area contributed by atoms with Gasteiger partial charge in [-0.2, -0.15) is 0 Å². The van der Waals surface area contributed by atoms with Gasteiger partial charge in [-0.3, -0.25) is 9.69 Å². The molecule has 2 aromatic rings. The Balaban J connectivity index is 1.39. The van der Waals surface area contributed by atoms with Crippen molar-refractivity contribution in [2.75, 3.05) is 39.4 Å². The van der Waals surface area contributed by atoms with E-state index in [0.717, 1.165) is 49.3 Å². The van der Waals surface area contributed by atoms with Gasteiger partial charge >= 0.3 is 5.97 Å². The second kappa shape index (κ2) is 13.4. The van der Waals surface area contributed by atoms with Gasteiger partial charge in [-0.25, -0.2) is 9.79 Å². The minimum atomic E-state index is -0.532. The van der Waals surface area contributed by atoms with Crippen molar-refractivity contribution in [3.63, 3.8) is 0 Å². The lowest BCUT2D eigenvalue weighted by Crippen LogP contribution is -2.42. The third kappa shape index (κ3) is 7.19. The number of hydrogen-bond acceptors (Lipinski definition) is 9. The van der Waals surface area contributed by atoms with Crippen molar-refractivity contribution in [3.05, 3.63) is 82.5 Å². The Kier molecular flexibility index (Phi) is 9.43. The highest BCUT2D eigenvalue weighted by molar-refractivity contribution is 8.16. The van der Waals surface area contributed by atoms with E-state index in [9.17, 15) is 9.59 Å². The van der Waals surface area contributed by atoms with Crippen LogP contribution in [0.25, 0.3) is 0 Å². The maximum absolute atomic E-state index is 13.5. The normalized spacial score (nSPS) is 19.0. The first-order chi connectivity index (χ1) is 19.9. The number of morpholine rings is 1. The molecule has 0 radical (unpaired) electrons. The summed E-state index contributed by atoms with van der Waals surface area (Å²) >= 11 is 1.45. The van der Waals surface area contributed by atoms with E-state index in [1.165, 1.54) is 11.8 Å². The number of benzene rings is 2. The Bertz CT molecular complexity index is 1350. The zero-order valence-corrected chi connectivity index (χ0v) is 24.5. The first kappa shape index (κ1) is 28.9. The van der Waals surface area contributed by atoms with Gasteiger partial charge < -0.3 is 24.4 Å². The van der Waals surface area contributed by atoms with Crippen LogP contribution in [0.4, 0.5) is 0 Å². The number of carbonyl (C=O) groups excluding carboxylic acids is 2. The van der Waals surface area contributed by atoms with Gasteiger partial charge in [0.15, 0.2) is 5.17 Å². The molecule has 41 heavy (non-hydrogen) atoms. The van der Waals surface area contributed by atoms with Crippen molar-refractivity contribution < 1.29 is 23.8 Å². The minimum absolute atomic E-state index is 0.0798. The second-order valence-corrected chi connectivity index (χ2v) is 11.2. The molecule has 1 saturated heterocycles. The smallest absolute Gasteiger partial charge is 0.338 e. The number of fused-ring (bicyclic) bond motifs is 1. The maximum atomic E-state index is 13.5. The number of nitrogens with one attached hydrogen (secondary N) is 1. The molecule has 10 heteroatoms. The van der Waals surface area contributed by atoms with Crippen LogP contribution in [-0.2, 0) is 19.1 Å². The summed E-state index contributed by atoms with van der Waals surface area (Å²) in [4.78, 5) is 35.5. The molecule has 9 nitrogen and oxygen atoms in total. The van der Waals surface area contributed by atoms with Crippen molar-refractivity contribution in [1.82, 2.24) is 15.1 Å². The van der Waals surface area contributed by atoms with Crippen molar-refractivity contribution in [3.8, 4) is 11.5 Å². The number of rotatable bonds is 10. The summed E-state index contributed by atoms with van der Waals surface area (Å²) in [6.45, 7) is 10.0. The van der Waals surface area contributed by atoms with Gasteiger partial charge in [-0.1, -0.05) is 42.1 Å². The number of esters is 1. The van der Waals surface area contributed by atoms with E-state index in [1.807, 2.05) is 85.7 Å². The largest absolute Gasteiger partial charge is 0.459 e. The van der Waals surface area contributed by atoms with Gasteiger partial charge in [0.25, 0.3) is 0 Å². The molecular weight excluding hydrogens is 540 g/mol. The summed E-state index contributed by atoms with van der Waals surface area (Å²) in [5.41, 5.74) is 2.65. The molecule has 0 bridgehead atoms. The standard InChI is InChI=1S/C31H36N4O5S/c1-21(2)39-30(37)28-22(3)33-31-35(24(20-41-31)19-27(36)32-12-13-34-14-16-38-17-15-34)29(28)23-8-7-11-26(18-23)40-25-9-5-4-6-10-25/h4-11,18,20-21,29H,12-17,19H2,1-3H3,(H,32,36)/t29-/m0/s1. The molecule has 3 aliphatic rings. The number of allylic oxidation sites excluding steroid dienone is 1. The van der Waals surface area contributed by atoms with E-state index in [2.05, 4.69) is 10.2 Å². The molecule has 1 N–H and O–H groups in total. The third-order valence-electron chi connectivity index (χ3n) is 6.91. The molecular formula is C31H36N4O5S. The Morgan fingerprint density at radius 3 is 2.61 bits per heavy atom. The molecule has 0 aliphatic carbocycles. The Labute approximate surface area is 245 Å². The van der Waals surface area contributed by atoms with Crippen LogP contribution >= 0.6 is 11.8 Å². The van der Waals surface area contributed by atoms with Gasteiger partial charge in [-0.05, 0) is 56.0 Å². The Morgan fingerprint density at radius 2 is 1.85 bits per heavy atom. The number of para-hydroxylation sites is 1. The molecule has 0 aromatic heterocycles. The zero-order valence-electron chi connectivity index (χ0n) is 23.7. The van der Waals surface area contributed by atoms with Gasteiger partial charge in [0, 0.05) is 31.9 Å². The van der Waals surface area contributed by atoms with Crippen LogP contribution in [0.5, 0.6) is 11.5 Å². The Hall–Kier alpha value is -3.60. The lowest BCUT2D eigenvalue weighted by molar-refractivity contribution is -0.143. The highest BCUT2D eigenvalue weighted by atomic mass is 32.2. The van der Waals surface area contributed by atoms with Crippen LogP contribution in [0.3, 0.4) is 0 Å². The fourth-order valence-electron chi connectivity index (χ4n) is 5.00. The van der Waals surface area contributed by atoms with Crippen molar-refractivity contribution in [2.45, 2.75) is 39.3 Å². The summed E-state index contributed by atoms with van der Waals surface area (Å²) in [6, 6.07) is 16.7. The van der Waals surface area contributed by atoms with Crippen LogP contribution < -0.4 is 10.1 Å². The van der Waals surface area contributed by atoms with E-state index in [0.29, 0.717) is 29.3 Å². The summed E-state index contributed by atoms with van der Waals surface area (Å²) in [5.74, 6) is 0.854. The molecule has 0 saturated carbocycles. The summed E-state index contributed by atoms with van der Waals surface area (Å²) in [7, 11) is 0. The van der Waals surface area contributed by atoms with E-state index >= 15 is 0 Å². The quantitative estimate of drug-likeness (QED) is 0.402. The summed E-state index contributed by atoms with van der Waals surface area (Å²) in [5, 5.41) is 5.72. The number of aliphatic imine (C=N–C) groups is 1. The highest BCUT2D eigenvalue weighted by Crippen LogP contribution is 2.45. The maximum Gasteiger partial charge on any atom is 0.338 e. The molecule has 3 heterocycles. The first-order valence-corrected chi connectivity index (χ1v) is 14.8. The highest BCUT2D eigenvalue weighted by Gasteiger charge is 2.41. The number of nitrogens with zero attached hydrogens (tertiary/aromatic N) is 3. The zero-order chi connectivity index (χ0) is 28.8. The number of carbonyl (C=O) groups is 2. The number of hydrogen-bond donors (Lipinski definition) is 1. The van der Waals surface area contributed by atoms with E-state index in [-0.39, 0.29) is 18.4 Å². The predicted molar refractivity (Wildman–Crippen MR) is 159 cm³/mol. The van der Waals surface area contributed by atoms with Crippen LogP contribution in [0, 0.1) is 0 Å². The SMILES string of the molecule is CC1=C(C(=O)OC(C)C)[C@H](c2cccc(Oc3ccccc3)c2)N2C(CC(=O)NCCN3CCOCC3)=CSC2=N1. The van der Waals surface area contributed by atoms with Crippen LogP contribution in [-0.4, -0.2) is 72.3 Å². The summed E-state index contributed by atoms with van der Waals surface area (Å²) < 4.78 is 17.2. The molecule has 1 fully saturated rings. The molecule has 0 unspecified atom stereocenters. The van der Waals surface area contributed by atoms with E-state index in [4.69, 9.17) is 19.2 Å². The average molecular weight is 577 g/mol. The fourth-order valence-corrected chi connectivity index (χ4v) is 5.97. The van der Waals surface area contributed by atoms with Crippen molar-refractivity contribution in [1.29, 1.82) is 0 Å². The Morgan fingerprint density at radius 1 is 1.10 bits per heavy atom. The van der Waals surface area contributed by atoms with Gasteiger partial charge in [-0.15, -0.1) is 0 Å². The number of amides is 1. The molecule has 1 atom stereocenters. The minimum Gasteiger partial charge on any atom is -0.459 e. The van der Waals surface area contributed by atoms with Gasteiger partial charge in [0.05, 0.1) is 43.1 Å². The lowest BCUT2D eigenvalue weighted by Gasteiger charge is -2.36. The number of thioether (sulfide) groups is 1. The molecule has 3 aliphatic heterocycles. The van der Waals surface area contributed by atoms with Crippen molar-refractivity contribution in [2.24, 2.45) is 4.99 Å². The predicted octanol–water partition coefficient (Wildman–Crippen LogP) is 4.84. The average Bonchev–Trinajstić information content (AvgIpc) is 3.34. The monoisotopic (exact) mass is 576 g/mol. The number of ether oxygens (including phenoxy) is 3. The lowest BCUT2D eigenvalue weighted by atomic mass is 9.93. The molecule has 5 rings (SSSR count). The molecule has 216 valence electrons. The van der Waals surface area contributed by atoms with E-state index in [1.54, 1.807) is 0 Å². The molecule has 1 amide bonds. The van der Waals surface area contributed by atoms with Gasteiger partial charge in [0.1, 0.15) is 11.5 Å².